The molecule has 1 N–H and O–H groups in total. The van der Waals surface area contributed by atoms with Crippen LogP contribution in [0.15, 0.2) is 121 Å². The number of ether oxygens (including phenoxy) is 2. The standard InChI is InChI=1S/C29H43NO4Si.C27H38O5Si/c1-28(2,3)34-26(31)22-23(27(32)30(7)8)16-15-21-33-35(29(4,5)6,24-17-11-9-12-18-24)25-19-13-10-14-20-25;1-26(2,3)32-24(28)20-21(25(29)30)14-13-19-31-33(27(4,5)6,22-15-9-7-10-16-22)23-17-11-8-12-18-23/h9-14,17-20,23H,15-16,21-22H2,1-8H3;7-12,15-18,21H,13-14,19-20H2,1-6H3,(H,29,30)/t23-;21-/m00/s1. The largest absolute Gasteiger partial charge is 0.481 e. The minimum Gasteiger partial charge on any atom is -0.481 e. The number of carbonyl (C=O) groups is 4. The van der Waals surface area contributed by atoms with Crippen molar-refractivity contribution in [2.45, 2.75) is 143 Å². The van der Waals surface area contributed by atoms with E-state index in [1.54, 1.807) is 39.8 Å². The van der Waals surface area contributed by atoms with Crippen LogP contribution in [-0.2, 0) is 37.5 Å². The molecule has 0 aliphatic heterocycles. The van der Waals surface area contributed by atoms with Crippen molar-refractivity contribution in [2.24, 2.45) is 11.8 Å². The lowest BCUT2D eigenvalue weighted by Gasteiger charge is -2.43. The average molecular weight is 968 g/mol. The molecule has 0 spiro atoms. The quantitative estimate of drug-likeness (QED) is 0.0523. The Kier molecular flexibility index (Phi) is 21.2. The maximum atomic E-state index is 12.8. The van der Waals surface area contributed by atoms with Gasteiger partial charge in [-0.05, 0) is 98.0 Å². The molecular formula is C56H81NO9Si2. The Morgan fingerprint density at radius 3 is 1.01 bits per heavy atom. The van der Waals surface area contributed by atoms with Crippen LogP contribution in [0, 0.1) is 11.8 Å². The number of nitrogens with zero attached hydrogens (tertiary/aromatic N) is 1. The number of hydrogen-bond donors (Lipinski definition) is 1. The molecule has 372 valence electrons. The number of carboxylic acid groups (broad SMARTS) is 1. The van der Waals surface area contributed by atoms with Crippen molar-refractivity contribution in [1.29, 1.82) is 0 Å². The summed E-state index contributed by atoms with van der Waals surface area (Å²) < 4.78 is 24.5. The highest BCUT2D eigenvalue weighted by molar-refractivity contribution is 7.00. The van der Waals surface area contributed by atoms with Gasteiger partial charge >= 0.3 is 17.9 Å². The van der Waals surface area contributed by atoms with Gasteiger partial charge in [-0.2, -0.15) is 0 Å². The summed E-state index contributed by atoms with van der Waals surface area (Å²) >= 11 is 0. The molecule has 0 aliphatic carbocycles. The highest BCUT2D eigenvalue weighted by Gasteiger charge is 2.51. The minimum absolute atomic E-state index is 0.0543. The molecule has 0 saturated heterocycles. The lowest BCUT2D eigenvalue weighted by atomic mass is 9.98. The lowest BCUT2D eigenvalue weighted by molar-refractivity contribution is -0.160. The molecule has 0 aliphatic rings. The first-order valence-corrected chi connectivity index (χ1v) is 27.8. The van der Waals surface area contributed by atoms with Gasteiger partial charge in [-0.25, -0.2) is 0 Å². The Hall–Kier alpha value is -4.89. The molecule has 4 aromatic rings. The number of carbonyl (C=O) groups excluding carboxylic acids is 3. The fraction of sp³-hybridized carbons (Fsp3) is 0.500. The number of esters is 2. The highest BCUT2D eigenvalue weighted by atomic mass is 28.4. The second kappa shape index (κ2) is 25.1. The number of benzene rings is 4. The normalized spacial score (nSPS) is 13.3. The van der Waals surface area contributed by atoms with E-state index >= 15 is 0 Å². The molecular weight excluding hydrogens is 887 g/mol. The second-order valence-electron chi connectivity index (χ2n) is 21.9. The van der Waals surface area contributed by atoms with E-state index in [1.165, 1.54) is 20.7 Å². The van der Waals surface area contributed by atoms with Gasteiger partial charge in [-0.3, -0.25) is 19.2 Å². The van der Waals surface area contributed by atoms with Crippen LogP contribution in [0.1, 0.15) is 122 Å². The molecule has 4 aromatic carbocycles. The molecule has 0 heterocycles. The van der Waals surface area contributed by atoms with E-state index in [1.807, 2.05) is 69.3 Å². The molecule has 4 rings (SSSR count). The van der Waals surface area contributed by atoms with Crippen LogP contribution in [0.5, 0.6) is 0 Å². The maximum Gasteiger partial charge on any atom is 0.307 e. The minimum atomic E-state index is -2.65. The molecule has 0 aromatic heterocycles. The van der Waals surface area contributed by atoms with Crippen molar-refractivity contribution in [2.75, 3.05) is 27.3 Å². The highest BCUT2D eigenvalue weighted by Crippen LogP contribution is 2.38. The van der Waals surface area contributed by atoms with Gasteiger partial charge in [0.15, 0.2) is 0 Å². The van der Waals surface area contributed by atoms with Gasteiger partial charge < -0.3 is 28.3 Å². The van der Waals surface area contributed by atoms with Crippen LogP contribution < -0.4 is 20.7 Å². The van der Waals surface area contributed by atoms with Crippen molar-refractivity contribution < 1.29 is 42.6 Å². The molecule has 0 saturated carbocycles. The summed E-state index contributed by atoms with van der Waals surface area (Å²) in [6.45, 7) is 25.2. The molecule has 0 unspecified atom stereocenters. The fourth-order valence-electron chi connectivity index (χ4n) is 8.79. The molecule has 0 radical (unpaired) electrons. The van der Waals surface area contributed by atoms with Crippen molar-refractivity contribution >= 4 is 61.2 Å². The Morgan fingerprint density at radius 1 is 0.485 bits per heavy atom. The SMILES string of the molecule is CC(C)(C)OC(=O)C[C@H](CCCO[Si](c1ccccc1)(c1ccccc1)C(C)(C)C)C(=O)O.CN(C)C(=O)[C@@H](CCCO[Si](c1ccccc1)(c1ccccc1)C(C)(C)C)CC(=O)OC(C)(C)C. The van der Waals surface area contributed by atoms with E-state index in [0.29, 0.717) is 38.9 Å². The summed E-state index contributed by atoms with van der Waals surface area (Å²) in [4.78, 5) is 50.8. The van der Waals surface area contributed by atoms with Crippen molar-refractivity contribution in [3.05, 3.63) is 121 Å². The smallest absolute Gasteiger partial charge is 0.307 e. The summed E-state index contributed by atoms with van der Waals surface area (Å²) in [6.07, 6.45) is 2.09. The van der Waals surface area contributed by atoms with Crippen LogP contribution in [0.2, 0.25) is 10.1 Å². The van der Waals surface area contributed by atoms with Gasteiger partial charge in [0.05, 0.1) is 18.8 Å². The molecule has 1 amide bonds. The third kappa shape index (κ3) is 16.7. The number of hydrogen-bond acceptors (Lipinski definition) is 8. The maximum absolute atomic E-state index is 12.8. The fourth-order valence-corrected chi connectivity index (χ4v) is 18.0. The first-order chi connectivity index (χ1) is 31.6. The van der Waals surface area contributed by atoms with Crippen molar-refractivity contribution in [3.8, 4) is 0 Å². The van der Waals surface area contributed by atoms with Crippen molar-refractivity contribution in [3.63, 3.8) is 0 Å². The number of carboxylic acids is 1. The molecule has 0 bridgehead atoms. The van der Waals surface area contributed by atoms with Gasteiger partial charge in [0, 0.05) is 33.2 Å². The first kappa shape index (κ1) is 57.4. The Balaban J connectivity index is 0.000000361. The predicted octanol–water partition coefficient (Wildman–Crippen LogP) is 9.56. The van der Waals surface area contributed by atoms with Crippen LogP contribution >= 0.6 is 0 Å². The molecule has 2 atom stereocenters. The zero-order valence-electron chi connectivity index (χ0n) is 43.5. The molecule has 12 heteroatoms. The third-order valence-electron chi connectivity index (χ3n) is 11.7. The van der Waals surface area contributed by atoms with E-state index < -0.39 is 51.6 Å². The van der Waals surface area contributed by atoms with Gasteiger partial charge in [0.25, 0.3) is 16.6 Å². The number of amides is 1. The van der Waals surface area contributed by atoms with Crippen LogP contribution in [0.25, 0.3) is 0 Å². The van der Waals surface area contributed by atoms with E-state index in [-0.39, 0.29) is 34.8 Å². The van der Waals surface area contributed by atoms with E-state index in [4.69, 9.17) is 18.3 Å². The van der Waals surface area contributed by atoms with Gasteiger partial charge in [-0.1, -0.05) is 163 Å². The molecule has 68 heavy (non-hydrogen) atoms. The average Bonchev–Trinajstić information content (AvgIpc) is 3.24. The number of aliphatic carboxylic acids is 1. The summed E-state index contributed by atoms with van der Waals surface area (Å²) in [5.41, 5.74) is -1.21. The van der Waals surface area contributed by atoms with Crippen LogP contribution in [0.3, 0.4) is 0 Å². The lowest BCUT2D eigenvalue weighted by Crippen LogP contribution is -2.66. The van der Waals surface area contributed by atoms with E-state index in [9.17, 15) is 24.3 Å². The van der Waals surface area contributed by atoms with Crippen LogP contribution in [0.4, 0.5) is 0 Å². The summed E-state index contributed by atoms with van der Waals surface area (Å²) in [7, 11) is -1.82. The molecule has 10 nitrogen and oxygen atoms in total. The molecule has 0 fully saturated rings. The summed E-state index contributed by atoms with van der Waals surface area (Å²) in [6, 6.07) is 41.7. The monoisotopic (exact) mass is 968 g/mol. The van der Waals surface area contributed by atoms with Crippen molar-refractivity contribution in [1.82, 2.24) is 4.90 Å². The first-order valence-electron chi connectivity index (χ1n) is 24.0. The Bertz CT molecular complexity index is 2080. The van der Waals surface area contributed by atoms with Gasteiger partial charge in [0.2, 0.25) is 5.91 Å². The van der Waals surface area contributed by atoms with Crippen LogP contribution in [-0.4, -0.2) is 89.0 Å². The van der Waals surface area contributed by atoms with E-state index in [0.717, 1.165) is 0 Å². The predicted molar refractivity (Wildman–Crippen MR) is 280 cm³/mol. The van der Waals surface area contributed by atoms with Gasteiger partial charge in [-0.15, -0.1) is 0 Å². The second-order valence-corrected chi connectivity index (χ2v) is 30.5. The Labute approximate surface area is 410 Å². The van der Waals surface area contributed by atoms with E-state index in [2.05, 4.69) is 114 Å². The Morgan fingerprint density at radius 2 is 0.765 bits per heavy atom. The number of rotatable bonds is 20. The summed E-state index contributed by atoms with van der Waals surface area (Å²) in [5, 5.41) is 14.2. The van der Waals surface area contributed by atoms with Gasteiger partial charge in [0.1, 0.15) is 11.2 Å². The zero-order valence-corrected chi connectivity index (χ0v) is 45.5. The third-order valence-corrected chi connectivity index (χ3v) is 21.8. The topological polar surface area (TPSA) is 129 Å². The zero-order chi connectivity index (χ0) is 51.0. The summed E-state index contributed by atoms with van der Waals surface area (Å²) in [5.74, 6) is -3.08.